The molecule has 5 nitrogen and oxygen atoms in total. The van der Waals surface area contributed by atoms with Crippen molar-refractivity contribution in [2.75, 3.05) is 26.0 Å². The fourth-order valence-corrected chi connectivity index (χ4v) is 2.95. The van der Waals surface area contributed by atoms with Gasteiger partial charge in [0.1, 0.15) is 4.90 Å². The molecule has 1 rings (SSSR count). The third kappa shape index (κ3) is 4.47. The Morgan fingerprint density at radius 1 is 1.25 bits per heavy atom. The molecule has 1 aromatic carbocycles. The topological polar surface area (TPSA) is 69.6 Å². The number of aliphatic hydroxyl groups is 1. The van der Waals surface area contributed by atoms with Crippen LogP contribution in [-0.2, 0) is 10.0 Å². The van der Waals surface area contributed by atoms with E-state index in [1.165, 1.54) is 18.4 Å². The van der Waals surface area contributed by atoms with E-state index >= 15 is 0 Å². The van der Waals surface area contributed by atoms with Crippen LogP contribution in [-0.4, -0.2) is 44.6 Å². The van der Waals surface area contributed by atoms with Crippen LogP contribution < -0.4 is 5.32 Å². The number of hydrogen-bond acceptors (Lipinski definition) is 4. The fourth-order valence-electron chi connectivity index (χ4n) is 1.89. The molecule has 1 aromatic rings. The van der Waals surface area contributed by atoms with Gasteiger partial charge in [-0.25, -0.2) is 12.7 Å². The zero-order valence-electron chi connectivity index (χ0n) is 12.5. The minimum atomic E-state index is -3.49. The number of sulfonamides is 1. The summed E-state index contributed by atoms with van der Waals surface area (Å²) in [7, 11) is -0.490. The molecule has 0 amide bonds. The standard InChI is InChI=1S/C14H24N2O3S/c1-11(2)9-12(17)10-15-13-7-5-6-8-14(13)20(18,19)16(3)4/h5-8,11-12,15,17H,9-10H2,1-4H3. The molecule has 0 aromatic heterocycles. The Bertz CT molecular complexity index is 527. The molecule has 20 heavy (non-hydrogen) atoms. The van der Waals surface area contributed by atoms with Crippen molar-refractivity contribution in [2.24, 2.45) is 5.92 Å². The quantitative estimate of drug-likeness (QED) is 0.805. The number of benzene rings is 1. The lowest BCUT2D eigenvalue weighted by Crippen LogP contribution is -2.25. The van der Waals surface area contributed by atoms with Gasteiger partial charge in [-0.05, 0) is 24.5 Å². The normalized spacial score (nSPS) is 13.8. The highest BCUT2D eigenvalue weighted by Crippen LogP contribution is 2.23. The molecule has 0 saturated carbocycles. The summed E-state index contributed by atoms with van der Waals surface area (Å²) in [5, 5.41) is 12.9. The lowest BCUT2D eigenvalue weighted by atomic mass is 10.1. The smallest absolute Gasteiger partial charge is 0.244 e. The molecule has 6 heteroatoms. The number of anilines is 1. The summed E-state index contributed by atoms with van der Waals surface area (Å²) in [6.07, 6.45) is 0.181. The summed E-state index contributed by atoms with van der Waals surface area (Å²) < 4.78 is 25.6. The SMILES string of the molecule is CC(C)CC(O)CNc1ccccc1S(=O)(=O)N(C)C. The molecule has 0 fully saturated rings. The second kappa shape index (κ2) is 7.06. The highest BCUT2D eigenvalue weighted by Gasteiger charge is 2.21. The number of para-hydroxylation sites is 1. The van der Waals surface area contributed by atoms with Gasteiger partial charge in [-0.1, -0.05) is 26.0 Å². The van der Waals surface area contributed by atoms with Crippen LogP contribution >= 0.6 is 0 Å². The molecule has 0 saturated heterocycles. The van der Waals surface area contributed by atoms with Crippen molar-refractivity contribution in [1.82, 2.24) is 4.31 Å². The van der Waals surface area contributed by atoms with Crippen LogP contribution in [0.5, 0.6) is 0 Å². The van der Waals surface area contributed by atoms with E-state index < -0.39 is 16.1 Å². The number of nitrogens with zero attached hydrogens (tertiary/aromatic N) is 1. The van der Waals surface area contributed by atoms with Gasteiger partial charge < -0.3 is 10.4 Å². The molecular weight excluding hydrogens is 276 g/mol. The second-order valence-corrected chi connectivity index (χ2v) is 7.57. The highest BCUT2D eigenvalue weighted by atomic mass is 32.2. The van der Waals surface area contributed by atoms with Crippen LogP contribution in [0.4, 0.5) is 5.69 Å². The van der Waals surface area contributed by atoms with Gasteiger partial charge in [-0.3, -0.25) is 0 Å². The molecule has 0 aliphatic heterocycles. The molecule has 2 N–H and O–H groups in total. The predicted octanol–water partition coefficient (Wildman–Crippen LogP) is 1.76. The Balaban J connectivity index is 2.87. The van der Waals surface area contributed by atoms with Gasteiger partial charge in [0.05, 0.1) is 11.8 Å². The molecule has 1 unspecified atom stereocenters. The van der Waals surface area contributed by atoms with E-state index in [0.29, 0.717) is 24.6 Å². The maximum Gasteiger partial charge on any atom is 0.244 e. The predicted molar refractivity (Wildman–Crippen MR) is 81.3 cm³/mol. The first kappa shape index (κ1) is 16.9. The molecule has 0 aliphatic carbocycles. The summed E-state index contributed by atoms with van der Waals surface area (Å²) in [5.41, 5.74) is 0.518. The first-order chi connectivity index (χ1) is 9.25. The fraction of sp³-hybridized carbons (Fsp3) is 0.571. The molecule has 0 radical (unpaired) electrons. The molecule has 1 atom stereocenters. The molecular formula is C14H24N2O3S. The average molecular weight is 300 g/mol. The third-order valence-electron chi connectivity index (χ3n) is 2.92. The van der Waals surface area contributed by atoms with Crippen LogP contribution in [0.15, 0.2) is 29.2 Å². The maximum absolute atomic E-state index is 12.2. The monoisotopic (exact) mass is 300 g/mol. The van der Waals surface area contributed by atoms with Crippen molar-refractivity contribution in [3.8, 4) is 0 Å². The summed E-state index contributed by atoms with van der Waals surface area (Å²) in [6.45, 7) is 4.40. The van der Waals surface area contributed by atoms with Crippen molar-refractivity contribution >= 4 is 15.7 Å². The van der Waals surface area contributed by atoms with E-state index in [1.807, 2.05) is 13.8 Å². The Morgan fingerprint density at radius 3 is 2.40 bits per heavy atom. The molecule has 0 heterocycles. The van der Waals surface area contributed by atoms with Crippen molar-refractivity contribution < 1.29 is 13.5 Å². The number of nitrogens with one attached hydrogen (secondary N) is 1. The van der Waals surface area contributed by atoms with Crippen molar-refractivity contribution in [3.05, 3.63) is 24.3 Å². The van der Waals surface area contributed by atoms with E-state index in [4.69, 9.17) is 0 Å². The summed E-state index contributed by atoms with van der Waals surface area (Å²) in [5.74, 6) is 0.396. The first-order valence-corrected chi connectivity index (χ1v) is 8.12. The molecule has 0 bridgehead atoms. The summed E-state index contributed by atoms with van der Waals surface area (Å²) in [6, 6.07) is 6.73. The second-order valence-electron chi connectivity index (χ2n) is 5.45. The van der Waals surface area contributed by atoms with Gasteiger partial charge in [0.25, 0.3) is 0 Å². The lowest BCUT2D eigenvalue weighted by molar-refractivity contribution is 0.161. The zero-order valence-corrected chi connectivity index (χ0v) is 13.3. The van der Waals surface area contributed by atoms with Crippen molar-refractivity contribution in [3.63, 3.8) is 0 Å². The molecule has 0 spiro atoms. The largest absolute Gasteiger partial charge is 0.391 e. The van der Waals surface area contributed by atoms with Gasteiger partial charge in [-0.15, -0.1) is 0 Å². The highest BCUT2D eigenvalue weighted by molar-refractivity contribution is 7.89. The molecule has 0 aliphatic rings. The Kier molecular flexibility index (Phi) is 5.98. The van der Waals surface area contributed by atoms with Crippen LogP contribution in [0.1, 0.15) is 20.3 Å². The number of hydrogen-bond donors (Lipinski definition) is 2. The van der Waals surface area contributed by atoms with Crippen LogP contribution in [0, 0.1) is 5.92 Å². The Hall–Kier alpha value is -1.11. The summed E-state index contributed by atoms with van der Waals surface area (Å²) in [4.78, 5) is 0.224. The number of rotatable bonds is 7. The van der Waals surface area contributed by atoms with Gasteiger partial charge in [0.15, 0.2) is 0 Å². The van der Waals surface area contributed by atoms with Crippen LogP contribution in [0.25, 0.3) is 0 Å². The van der Waals surface area contributed by atoms with E-state index in [0.717, 1.165) is 0 Å². The maximum atomic E-state index is 12.2. The minimum absolute atomic E-state index is 0.224. The van der Waals surface area contributed by atoms with Crippen molar-refractivity contribution in [1.29, 1.82) is 0 Å². The summed E-state index contributed by atoms with van der Waals surface area (Å²) >= 11 is 0. The Morgan fingerprint density at radius 2 is 1.85 bits per heavy atom. The molecule has 114 valence electrons. The van der Waals surface area contributed by atoms with Crippen molar-refractivity contribution in [2.45, 2.75) is 31.3 Å². The van der Waals surface area contributed by atoms with Crippen LogP contribution in [0.2, 0.25) is 0 Å². The van der Waals surface area contributed by atoms with E-state index in [9.17, 15) is 13.5 Å². The third-order valence-corrected chi connectivity index (χ3v) is 4.79. The van der Waals surface area contributed by atoms with E-state index in [1.54, 1.807) is 24.3 Å². The van der Waals surface area contributed by atoms with Gasteiger partial charge in [0.2, 0.25) is 10.0 Å². The number of aliphatic hydroxyl groups excluding tert-OH is 1. The van der Waals surface area contributed by atoms with Gasteiger partial charge >= 0.3 is 0 Å². The lowest BCUT2D eigenvalue weighted by Gasteiger charge is -2.18. The first-order valence-electron chi connectivity index (χ1n) is 6.68. The zero-order chi connectivity index (χ0) is 15.3. The van der Waals surface area contributed by atoms with Gasteiger partial charge in [-0.2, -0.15) is 0 Å². The van der Waals surface area contributed by atoms with Gasteiger partial charge in [0, 0.05) is 20.6 Å². The van der Waals surface area contributed by atoms with E-state index in [-0.39, 0.29) is 4.90 Å². The Labute approximate surface area is 121 Å². The van der Waals surface area contributed by atoms with E-state index in [2.05, 4.69) is 5.32 Å². The van der Waals surface area contributed by atoms with Crippen LogP contribution in [0.3, 0.4) is 0 Å². The minimum Gasteiger partial charge on any atom is -0.391 e. The average Bonchev–Trinajstić information content (AvgIpc) is 2.35.